The second-order valence-corrected chi connectivity index (χ2v) is 8.73. The molecule has 9 heteroatoms. The lowest BCUT2D eigenvalue weighted by Gasteiger charge is -2.27. The summed E-state index contributed by atoms with van der Waals surface area (Å²) in [7, 11) is 1.53. The Labute approximate surface area is 216 Å². The number of para-hydroxylation sites is 2. The molecular weight excluding hydrogens is 495 g/mol. The number of halogens is 3. The van der Waals surface area contributed by atoms with E-state index in [0.717, 1.165) is 21.7 Å². The van der Waals surface area contributed by atoms with Crippen molar-refractivity contribution < 1.29 is 27.5 Å². The third-order valence-corrected chi connectivity index (χ3v) is 6.25. The fourth-order valence-electron chi connectivity index (χ4n) is 4.48. The minimum Gasteiger partial charge on any atom is -0.495 e. The lowest BCUT2D eigenvalue weighted by Crippen LogP contribution is -2.34. The molecule has 0 unspecified atom stereocenters. The van der Waals surface area contributed by atoms with Crippen LogP contribution >= 0.6 is 0 Å². The van der Waals surface area contributed by atoms with Crippen molar-refractivity contribution in [2.24, 2.45) is 0 Å². The number of alkyl halides is 3. The van der Waals surface area contributed by atoms with Crippen LogP contribution in [0.1, 0.15) is 11.1 Å². The quantitative estimate of drug-likeness (QED) is 0.540. The van der Waals surface area contributed by atoms with E-state index in [9.17, 15) is 22.8 Å². The fourth-order valence-corrected chi connectivity index (χ4v) is 4.48. The number of carbonyl (C=O) groups excluding carboxylic acids is 2. The highest BCUT2D eigenvalue weighted by atomic mass is 19.4. The average molecular weight is 518 g/mol. The molecule has 0 aliphatic carbocycles. The molecule has 0 saturated carbocycles. The number of ether oxygens (including phenoxy) is 1. The van der Waals surface area contributed by atoms with Crippen molar-refractivity contribution in [2.75, 3.05) is 22.6 Å². The Hall–Kier alpha value is -4.79. The molecule has 192 valence electrons. The van der Waals surface area contributed by atoms with Gasteiger partial charge in [0, 0.05) is 28.2 Å². The van der Waals surface area contributed by atoms with Gasteiger partial charge in [-0.15, -0.1) is 0 Å². The van der Waals surface area contributed by atoms with Crippen molar-refractivity contribution in [3.8, 4) is 5.75 Å². The van der Waals surface area contributed by atoms with E-state index in [1.54, 1.807) is 48.7 Å². The summed E-state index contributed by atoms with van der Waals surface area (Å²) in [5.74, 6) is -1.84. The second-order valence-electron chi connectivity index (χ2n) is 8.73. The maximum atomic E-state index is 13.2. The predicted octanol–water partition coefficient (Wildman–Crippen LogP) is 4.35. The number of anilines is 3. The summed E-state index contributed by atoms with van der Waals surface area (Å²) in [6, 6.07) is 17.4. The van der Waals surface area contributed by atoms with Crippen molar-refractivity contribution in [1.29, 1.82) is 0 Å². The Morgan fingerprint density at radius 2 is 1.74 bits per heavy atom. The molecule has 2 N–H and O–H groups in total. The molecule has 2 aliphatic rings. The number of nitrogens with one attached hydrogen (secondary N) is 2. The maximum Gasteiger partial charge on any atom is 0.471 e. The molecule has 5 rings (SSSR count). The first-order chi connectivity index (χ1) is 18.2. The summed E-state index contributed by atoms with van der Waals surface area (Å²) in [5.41, 5.74) is 3.93. The van der Waals surface area contributed by atoms with Crippen LogP contribution in [0.15, 0.2) is 84.6 Å². The Bertz CT molecular complexity index is 1660. The number of hydrogen-bond donors (Lipinski definition) is 2. The first-order valence-electron chi connectivity index (χ1n) is 11.6. The SMILES string of the molecule is COc1ccccc1NC(=O)C1=CC2=c3c(C)cccc3=Cc3cc(NC(=O)C(F)(F)F)ccc3N2C=C1. The number of benzene rings is 3. The van der Waals surface area contributed by atoms with Crippen molar-refractivity contribution in [3.63, 3.8) is 0 Å². The van der Waals surface area contributed by atoms with Gasteiger partial charge in [-0.05, 0) is 66.3 Å². The van der Waals surface area contributed by atoms with Gasteiger partial charge in [0.05, 0.1) is 24.2 Å². The number of methoxy groups -OCH3 is 1. The number of fused-ring (bicyclic) bond motifs is 4. The Balaban J connectivity index is 1.58. The standard InChI is InChI=1S/C29H22F3N3O3/c1-17-6-5-7-18-14-20-15-21(33-28(37)29(30,31)32)10-11-23(20)35-13-12-19(16-24(35)26(17)18)27(36)34-22-8-3-4-9-25(22)38-2/h3-16H,1-2H3,(H,33,37)(H,34,36). The first-order valence-corrected chi connectivity index (χ1v) is 11.6. The zero-order chi connectivity index (χ0) is 27.0. The van der Waals surface area contributed by atoms with Crippen LogP contribution < -0.4 is 30.7 Å². The molecule has 6 nitrogen and oxygen atoms in total. The molecule has 0 spiro atoms. The average Bonchev–Trinajstić information content (AvgIpc) is 3.02. The molecule has 2 heterocycles. The highest BCUT2D eigenvalue weighted by molar-refractivity contribution is 6.09. The van der Waals surface area contributed by atoms with E-state index in [1.807, 2.05) is 41.4 Å². The zero-order valence-electron chi connectivity index (χ0n) is 20.4. The molecule has 0 radical (unpaired) electrons. The second kappa shape index (κ2) is 9.59. The van der Waals surface area contributed by atoms with Gasteiger partial charge in [-0.3, -0.25) is 9.59 Å². The van der Waals surface area contributed by atoms with E-state index >= 15 is 0 Å². The van der Waals surface area contributed by atoms with Crippen LogP contribution in [-0.2, 0) is 9.59 Å². The van der Waals surface area contributed by atoms with Crippen molar-refractivity contribution in [1.82, 2.24) is 0 Å². The number of amides is 2. The third-order valence-electron chi connectivity index (χ3n) is 6.25. The van der Waals surface area contributed by atoms with E-state index in [1.165, 1.54) is 19.2 Å². The molecule has 2 amide bonds. The highest BCUT2D eigenvalue weighted by Crippen LogP contribution is 2.33. The van der Waals surface area contributed by atoms with Gasteiger partial charge in [0.2, 0.25) is 0 Å². The van der Waals surface area contributed by atoms with Crippen LogP contribution in [0.4, 0.5) is 30.2 Å². The van der Waals surface area contributed by atoms with Crippen molar-refractivity contribution in [2.45, 2.75) is 13.1 Å². The first kappa shape index (κ1) is 24.9. The van der Waals surface area contributed by atoms with Crippen LogP contribution in [0.3, 0.4) is 0 Å². The monoisotopic (exact) mass is 517 g/mol. The summed E-state index contributed by atoms with van der Waals surface area (Å²) in [6.45, 7) is 1.95. The van der Waals surface area contributed by atoms with Gasteiger partial charge in [-0.1, -0.05) is 30.3 Å². The minimum atomic E-state index is -5.00. The smallest absolute Gasteiger partial charge is 0.471 e. The van der Waals surface area contributed by atoms with Gasteiger partial charge in [-0.2, -0.15) is 13.2 Å². The maximum absolute atomic E-state index is 13.2. The van der Waals surface area contributed by atoms with Gasteiger partial charge in [0.1, 0.15) is 5.75 Å². The third kappa shape index (κ3) is 4.66. The topological polar surface area (TPSA) is 70.7 Å². The Kier molecular flexibility index (Phi) is 6.28. The lowest BCUT2D eigenvalue weighted by molar-refractivity contribution is -0.167. The number of rotatable bonds is 4. The highest BCUT2D eigenvalue weighted by Gasteiger charge is 2.38. The summed E-state index contributed by atoms with van der Waals surface area (Å²) in [5, 5.41) is 6.48. The minimum absolute atomic E-state index is 0.0217. The van der Waals surface area contributed by atoms with Crippen LogP contribution in [-0.4, -0.2) is 25.1 Å². The number of aryl methyl sites for hydroxylation is 1. The normalized spacial score (nSPS) is 13.8. The largest absolute Gasteiger partial charge is 0.495 e. The Morgan fingerprint density at radius 3 is 2.50 bits per heavy atom. The number of carbonyl (C=O) groups is 2. The molecule has 0 fully saturated rings. The van der Waals surface area contributed by atoms with Crippen LogP contribution in [0.2, 0.25) is 0 Å². The Morgan fingerprint density at radius 1 is 0.947 bits per heavy atom. The fraction of sp³-hybridized carbons (Fsp3) is 0.103. The summed E-state index contributed by atoms with van der Waals surface area (Å²) in [4.78, 5) is 26.6. The van der Waals surface area contributed by atoms with Crippen LogP contribution in [0, 0.1) is 6.92 Å². The summed E-state index contributed by atoms with van der Waals surface area (Å²) in [6.07, 6.45) is 2.04. The molecule has 0 aromatic heterocycles. The summed E-state index contributed by atoms with van der Waals surface area (Å²) >= 11 is 0. The van der Waals surface area contributed by atoms with Gasteiger partial charge in [0.25, 0.3) is 5.91 Å². The van der Waals surface area contributed by atoms with Crippen molar-refractivity contribution >= 4 is 40.6 Å². The van der Waals surface area contributed by atoms with Crippen LogP contribution in [0.5, 0.6) is 5.75 Å². The van der Waals surface area contributed by atoms with Gasteiger partial charge in [0.15, 0.2) is 0 Å². The van der Waals surface area contributed by atoms with E-state index in [0.29, 0.717) is 28.3 Å². The van der Waals surface area contributed by atoms with Gasteiger partial charge in [-0.25, -0.2) is 0 Å². The predicted molar refractivity (Wildman–Crippen MR) is 140 cm³/mol. The molecule has 3 aromatic rings. The zero-order valence-corrected chi connectivity index (χ0v) is 20.4. The lowest BCUT2D eigenvalue weighted by atomic mass is 10.0. The number of hydrogen-bond acceptors (Lipinski definition) is 4. The molecule has 0 bridgehead atoms. The van der Waals surface area contributed by atoms with E-state index in [2.05, 4.69) is 5.32 Å². The van der Waals surface area contributed by atoms with E-state index < -0.39 is 12.1 Å². The number of nitrogens with zero attached hydrogens (tertiary/aromatic N) is 1. The van der Waals surface area contributed by atoms with E-state index in [-0.39, 0.29) is 11.6 Å². The molecule has 0 atom stereocenters. The molecule has 2 aliphatic heterocycles. The van der Waals surface area contributed by atoms with E-state index in [4.69, 9.17) is 4.74 Å². The van der Waals surface area contributed by atoms with Crippen LogP contribution in [0.25, 0.3) is 11.8 Å². The van der Waals surface area contributed by atoms with Gasteiger partial charge < -0.3 is 20.3 Å². The molecular formula is C29H22F3N3O3. The summed E-state index contributed by atoms with van der Waals surface area (Å²) < 4.78 is 43.7. The molecule has 38 heavy (non-hydrogen) atoms. The molecule has 0 saturated heterocycles. The van der Waals surface area contributed by atoms with Crippen molar-refractivity contribution in [3.05, 3.63) is 106 Å². The van der Waals surface area contributed by atoms with Gasteiger partial charge >= 0.3 is 12.1 Å². The molecule has 3 aromatic carbocycles.